The van der Waals surface area contributed by atoms with E-state index in [4.69, 9.17) is 9.47 Å². The molecule has 3 aliphatic rings. The van der Waals surface area contributed by atoms with Gasteiger partial charge in [0.2, 0.25) is 5.91 Å². The first-order valence-electron chi connectivity index (χ1n) is 10.0. The number of likely N-dealkylation sites (N-methyl/N-ethyl adjacent to an activating group) is 1. The molecule has 0 bridgehead atoms. The number of hydrogen-bond donors (Lipinski definition) is 0. The van der Waals surface area contributed by atoms with Crippen LogP contribution in [-0.2, 0) is 16.0 Å². The molecule has 0 radical (unpaired) electrons. The predicted octanol–water partition coefficient (Wildman–Crippen LogP) is 1.25. The van der Waals surface area contributed by atoms with E-state index in [-0.39, 0.29) is 11.5 Å². The van der Waals surface area contributed by atoms with Gasteiger partial charge in [0, 0.05) is 38.6 Å². The Morgan fingerprint density at radius 2 is 1.96 bits per heavy atom. The van der Waals surface area contributed by atoms with Crippen LogP contribution in [0.2, 0.25) is 0 Å². The molecular weight excluding hydrogens is 342 g/mol. The second kappa shape index (κ2) is 7.78. The maximum atomic E-state index is 12.6. The van der Waals surface area contributed by atoms with Crippen molar-refractivity contribution in [2.24, 2.45) is 0 Å². The van der Waals surface area contributed by atoms with E-state index in [9.17, 15) is 4.79 Å². The van der Waals surface area contributed by atoms with Gasteiger partial charge in [-0.25, -0.2) is 0 Å². The number of hydrogen-bond acceptors (Lipinski definition) is 5. The summed E-state index contributed by atoms with van der Waals surface area (Å²) in [5.41, 5.74) is 1.00. The first-order chi connectivity index (χ1) is 13.1. The highest BCUT2D eigenvalue weighted by Gasteiger charge is 2.52. The fourth-order valence-electron chi connectivity index (χ4n) is 4.60. The van der Waals surface area contributed by atoms with Crippen molar-refractivity contribution < 1.29 is 14.3 Å². The summed E-state index contributed by atoms with van der Waals surface area (Å²) in [6, 6.07) is 8.45. The number of likely N-dealkylation sites (tertiary alicyclic amines) is 1. The van der Waals surface area contributed by atoms with Crippen LogP contribution in [-0.4, -0.2) is 92.3 Å². The Morgan fingerprint density at radius 1 is 1.22 bits per heavy atom. The summed E-state index contributed by atoms with van der Waals surface area (Å²) in [5.74, 6) is 1.08. The maximum absolute atomic E-state index is 12.6. The van der Waals surface area contributed by atoms with Crippen LogP contribution in [0.1, 0.15) is 18.4 Å². The van der Waals surface area contributed by atoms with E-state index in [1.165, 1.54) is 0 Å². The number of methoxy groups -OCH3 is 1. The molecule has 0 N–H and O–H groups in total. The van der Waals surface area contributed by atoms with Gasteiger partial charge in [0.15, 0.2) is 0 Å². The number of piperazine rings is 1. The molecule has 3 fully saturated rings. The monoisotopic (exact) mass is 373 g/mol. The molecule has 0 aromatic heterocycles. The smallest absolute Gasteiger partial charge is 0.223 e. The third-order valence-electron chi connectivity index (χ3n) is 6.36. The number of nitrogens with zero attached hydrogens (tertiary/aromatic N) is 3. The summed E-state index contributed by atoms with van der Waals surface area (Å²) >= 11 is 0. The molecule has 3 saturated heterocycles. The van der Waals surface area contributed by atoms with Gasteiger partial charge in [-0.3, -0.25) is 9.69 Å². The highest BCUT2D eigenvalue weighted by atomic mass is 16.5. The van der Waals surface area contributed by atoms with Crippen molar-refractivity contribution in [3.63, 3.8) is 0 Å². The van der Waals surface area contributed by atoms with Gasteiger partial charge in [0.25, 0.3) is 0 Å². The molecule has 27 heavy (non-hydrogen) atoms. The maximum Gasteiger partial charge on any atom is 0.223 e. The van der Waals surface area contributed by atoms with Crippen molar-refractivity contribution in [2.45, 2.75) is 30.9 Å². The van der Waals surface area contributed by atoms with Gasteiger partial charge < -0.3 is 19.3 Å². The molecule has 6 nitrogen and oxygen atoms in total. The fourth-order valence-corrected chi connectivity index (χ4v) is 4.60. The first-order valence-corrected chi connectivity index (χ1v) is 10.0. The van der Waals surface area contributed by atoms with Gasteiger partial charge in [-0.2, -0.15) is 0 Å². The van der Waals surface area contributed by atoms with Gasteiger partial charge in [-0.05, 0) is 31.5 Å². The Labute approximate surface area is 162 Å². The number of carbonyl (C=O) groups excluding carboxylic acids is 1. The molecule has 1 amide bonds. The summed E-state index contributed by atoms with van der Waals surface area (Å²) < 4.78 is 11.6. The Bertz CT molecular complexity index is 666. The molecule has 1 atom stereocenters. The number of rotatable bonds is 5. The number of ether oxygens (including phenoxy) is 2. The summed E-state index contributed by atoms with van der Waals surface area (Å²) in [4.78, 5) is 19.5. The van der Waals surface area contributed by atoms with E-state index in [1.54, 1.807) is 7.11 Å². The van der Waals surface area contributed by atoms with Crippen molar-refractivity contribution in [1.29, 1.82) is 0 Å². The van der Waals surface area contributed by atoms with Crippen molar-refractivity contribution in [2.75, 3.05) is 60.0 Å². The van der Waals surface area contributed by atoms with E-state index in [0.717, 1.165) is 70.0 Å². The second-order valence-corrected chi connectivity index (χ2v) is 8.25. The van der Waals surface area contributed by atoms with Gasteiger partial charge in [-0.15, -0.1) is 0 Å². The Morgan fingerprint density at radius 3 is 2.70 bits per heavy atom. The van der Waals surface area contributed by atoms with Crippen LogP contribution in [0.15, 0.2) is 24.3 Å². The number of carbonyl (C=O) groups is 1. The third kappa shape index (κ3) is 3.98. The average Bonchev–Trinajstić information content (AvgIpc) is 3.11. The molecule has 4 rings (SSSR count). The lowest BCUT2D eigenvalue weighted by Crippen LogP contribution is -2.63. The lowest BCUT2D eigenvalue weighted by atomic mass is 9.88. The Balaban J connectivity index is 1.24. The Hall–Kier alpha value is -1.63. The van der Waals surface area contributed by atoms with Crippen LogP contribution in [0.4, 0.5) is 0 Å². The molecule has 1 aromatic carbocycles. The Kier molecular flexibility index (Phi) is 5.39. The van der Waals surface area contributed by atoms with Crippen LogP contribution in [0.3, 0.4) is 0 Å². The van der Waals surface area contributed by atoms with Crippen molar-refractivity contribution >= 4 is 5.91 Å². The van der Waals surface area contributed by atoms with Crippen LogP contribution in [0, 0.1) is 0 Å². The highest BCUT2D eigenvalue weighted by Crippen LogP contribution is 2.37. The molecule has 1 spiro atoms. The van der Waals surface area contributed by atoms with Crippen molar-refractivity contribution in [3.05, 3.63) is 29.8 Å². The summed E-state index contributed by atoms with van der Waals surface area (Å²) in [6.07, 6.45) is 2.31. The average molecular weight is 373 g/mol. The summed E-state index contributed by atoms with van der Waals surface area (Å²) in [7, 11) is 3.86. The fraction of sp³-hybridized carbons (Fsp3) is 0.667. The molecule has 6 heteroatoms. The van der Waals surface area contributed by atoms with E-state index < -0.39 is 0 Å². The number of para-hydroxylation sites is 1. The van der Waals surface area contributed by atoms with E-state index >= 15 is 0 Å². The SMILES string of the molecule is COc1ccccc1CCC(=O)N1CC2(CC(N3CCN(C)CC3)CO2)C1. The van der Waals surface area contributed by atoms with E-state index in [2.05, 4.69) is 16.8 Å². The minimum absolute atomic E-state index is 0.0892. The summed E-state index contributed by atoms with van der Waals surface area (Å²) in [6.45, 7) is 6.84. The quantitative estimate of drug-likeness (QED) is 0.777. The second-order valence-electron chi connectivity index (χ2n) is 8.25. The van der Waals surface area contributed by atoms with Crippen LogP contribution >= 0.6 is 0 Å². The molecule has 0 aliphatic carbocycles. The number of benzene rings is 1. The van der Waals surface area contributed by atoms with Crippen molar-refractivity contribution in [1.82, 2.24) is 14.7 Å². The van der Waals surface area contributed by atoms with Crippen molar-refractivity contribution in [3.8, 4) is 5.75 Å². The minimum atomic E-state index is -0.0892. The predicted molar refractivity (Wildman–Crippen MR) is 104 cm³/mol. The van der Waals surface area contributed by atoms with E-state index in [0.29, 0.717) is 12.5 Å². The third-order valence-corrected chi connectivity index (χ3v) is 6.36. The molecule has 3 heterocycles. The molecule has 0 saturated carbocycles. The van der Waals surface area contributed by atoms with Gasteiger partial charge in [-0.1, -0.05) is 18.2 Å². The topological polar surface area (TPSA) is 45.2 Å². The standard InChI is InChI=1S/C21H31N3O3/c1-22-9-11-23(12-10-22)18-13-21(27-14-18)15-24(16-21)20(25)8-7-17-5-3-4-6-19(17)26-2/h3-6,18H,7-16H2,1-2H3. The highest BCUT2D eigenvalue weighted by molar-refractivity contribution is 5.77. The van der Waals surface area contributed by atoms with Gasteiger partial charge >= 0.3 is 0 Å². The summed E-state index contributed by atoms with van der Waals surface area (Å²) in [5, 5.41) is 0. The molecule has 1 aromatic rings. The van der Waals surface area contributed by atoms with Crippen LogP contribution < -0.4 is 4.74 Å². The molecule has 148 valence electrons. The zero-order valence-corrected chi connectivity index (χ0v) is 16.5. The lowest BCUT2D eigenvalue weighted by molar-refractivity contribution is -0.157. The van der Waals surface area contributed by atoms with E-state index in [1.807, 2.05) is 29.2 Å². The van der Waals surface area contributed by atoms with Crippen LogP contribution in [0.5, 0.6) is 5.75 Å². The lowest BCUT2D eigenvalue weighted by Gasteiger charge is -2.47. The number of aryl methyl sites for hydroxylation is 1. The zero-order chi connectivity index (χ0) is 18.9. The molecule has 1 unspecified atom stereocenters. The van der Waals surface area contributed by atoms with Gasteiger partial charge in [0.1, 0.15) is 11.4 Å². The minimum Gasteiger partial charge on any atom is -0.496 e. The molecular formula is C21H31N3O3. The molecule has 3 aliphatic heterocycles. The normalized spacial score (nSPS) is 25.6. The zero-order valence-electron chi connectivity index (χ0n) is 16.5. The largest absolute Gasteiger partial charge is 0.496 e. The number of amides is 1. The van der Waals surface area contributed by atoms with Gasteiger partial charge in [0.05, 0.1) is 26.8 Å². The first kappa shape index (κ1) is 18.7. The van der Waals surface area contributed by atoms with Crippen LogP contribution in [0.25, 0.3) is 0 Å².